The maximum atomic E-state index is 9.97. The van der Waals surface area contributed by atoms with Crippen molar-refractivity contribution in [2.75, 3.05) is 0 Å². The molecule has 0 fully saturated rings. The Morgan fingerprint density at radius 3 is 2.17 bits per heavy atom. The Kier molecular flexibility index (Phi) is 5.11. The average molecular weight is 186 g/mol. The number of aromatic carboxylic acids is 1. The Morgan fingerprint density at radius 2 is 2.00 bits per heavy atom. The summed E-state index contributed by atoms with van der Waals surface area (Å²) >= 11 is 0. The zero-order chi connectivity index (χ0) is 9.56. The van der Waals surface area contributed by atoms with E-state index in [-0.39, 0.29) is 14.6 Å². The zero-order valence-electron chi connectivity index (χ0n) is 7.57. The summed E-state index contributed by atoms with van der Waals surface area (Å²) in [5.74, 6) is -1.06. The smallest absolute Gasteiger partial charge is 0.371 e. The van der Waals surface area contributed by atoms with Gasteiger partial charge in [-0.1, -0.05) is 19.6 Å². The summed E-state index contributed by atoms with van der Waals surface area (Å²) in [6, 6.07) is 2.92. The lowest BCUT2D eigenvalue weighted by molar-refractivity contribution is 0.0662. The third-order valence-electron chi connectivity index (χ3n) is 0.732. The van der Waals surface area contributed by atoms with Crippen molar-refractivity contribution in [1.82, 2.24) is 0 Å². The van der Waals surface area contributed by atoms with Gasteiger partial charge in [-0.05, 0) is 12.1 Å². The predicted octanol–water partition coefficient (Wildman–Crippen LogP) is 2.08. The van der Waals surface area contributed by atoms with Crippen molar-refractivity contribution in [2.24, 2.45) is 0 Å². The van der Waals surface area contributed by atoms with Crippen molar-refractivity contribution >= 4 is 14.8 Å². The second-order valence-electron chi connectivity index (χ2n) is 3.01. The van der Waals surface area contributed by atoms with Crippen molar-refractivity contribution in [3.8, 4) is 0 Å². The molecular formula is C8H14O3Si. The van der Waals surface area contributed by atoms with Crippen molar-refractivity contribution < 1.29 is 14.3 Å². The molecule has 0 aliphatic rings. The van der Waals surface area contributed by atoms with E-state index in [1.165, 1.54) is 18.4 Å². The lowest BCUT2D eigenvalue weighted by atomic mass is 10.5. The molecule has 12 heavy (non-hydrogen) atoms. The zero-order valence-corrected chi connectivity index (χ0v) is 8.73. The van der Waals surface area contributed by atoms with E-state index < -0.39 is 5.97 Å². The maximum Gasteiger partial charge on any atom is 0.371 e. The predicted molar refractivity (Wildman–Crippen MR) is 50.4 cm³/mol. The molecule has 4 heteroatoms. The molecule has 1 rings (SSSR count). The molecule has 0 aliphatic carbocycles. The van der Waals surface area contributed by atoms with E-state index in [9.17, 15) is 4.79 Å². The minimum absolute atomic E-state index is 0.0231. The molecule has 0 spiro atoms. The summed E-state index contributed by atoms with van der Waals surface area (Å²) in [5, 5.41) is 8.18. The lowest BCUT2D eigenvalue weighted by Gasteiger charge is -1.79. The van der Waals surface area contributed by atoms with Crippen LogP contribution in [0.1, 0.15) is 10.6 Å². The Morgan fingerprint density at radius 1 is 1.50 bits per heavy atom. The van der Waals surface area contributed by atoms with Crippen LogP contribution in [0.2, 0.25) is 19.6 Å². The molecule has 0 unspecified atom stereocenters. The van der Waals surface area contributed by atoms with Gasteiger partial charge in [0.25, 0.3) is 0 Å². The van der Waals surface area contributed by atoms with Crippen LogP contribution in [-0.4, -0.2) is 19.9 Å². The lowest BCUT2D eigenvalue weighted by Crippen LogP contribution is -1.90. The molecule has 1 heterocycles. The molecule has 0 atom stereocenters. The minimum atomic E-state index is -1.03. The molecule has 0 saturated carbocycles. The van der Waals surface area contributed by atoms with Gasteiger partial charge < -0.3 is 9.52 Å². The molecule has 1 aromatic rings. The molecule has 68 valence electrons. The molecule has 0 amide bonds. The van der Waals surface area contributed by atoms with Gasteiger partial charge in [-0.2, -0.15) is 0 Å². The first-order chi connectivity index (χ1) is 5.54. The summed E-state index contributed by atoms with van der Waals surface area (Å²) < 4.78 is 4.50. The van der Waals surface area contributed by atoms with E-state index in [0.717, 1.165) is 0 Å². The molecule has 0 aromatic carbocycles. The van der Waals surface area contributed by atoms with E-state index in [0.29, 0.717) is 0 Å². The van der Waals surface area contributed by atoms with Crippen LogP contribution in [-0.2, 0) is 0 Å². The molecule has 0 saturated heterocycles. The van der Waals surface area contributed by atoms with Crippen molar-refractivity contribution in [1.29, 1.82) is 0 Å². The Balaban J connectivity index is 0.000000261. The highest BCUT2D eigenvalue weighted by molar-refractivity contribution is 6.54. The molecule has 0 aliphatic heterocycles. The molecule has 1 N–H and O–H groups in total. The molecule has 3 nitrogen and oxygen atoms in total. The summed E-state index contributed by atoms with van der Waals surface area (Å²) in [6.07, 6.45) is 1.32. The van der Waals surface area contributed by atoms with Crippen molar-refractivity contribution in [3.63, 3.8) is 0 Å². The van der Waals surface area contributed by atoms with Gasteiger partial charge in [-0.25, -0.2) is 4.79 Å². The van der Waals surface area contributed by atoms with E-state index in [2.05, 4.69) is 24.1 Å². The number of carboxylic acids is 1. The second kappa shape index (κ2) is 5.60. The number of carbonyl (C=O) groups is 1. The fraction of sp³-hybridized carbons (Fsp3) is 0.375. The first kappa shape index (κ1) is 11.0. The Bertz CT molecular complexity index is 213. The van der Waals surface area contributed by atoms with Crippen molar-refractivity contribution in [2.45, 2.75) is 19.6 Å². The SMILES string of the molecule is C[SiH](C)C.O=C(O)c1ccco1. The van der Waals surface area contributed by atoms with Crippen LogP contribution < -0.4 is 0 Å². The maximum absolute atomic E-state index is 9.97. The van der Waals surface area contributed by atoms with Gasteiger partial charge in [0.1, 0.15) is 0 Å². The number of hydrogen-bond acceptors (Lipinski definition) is 2. The standard InChI is InChI=1S/C5H4O3.C3H10Si/c6-5(7)4-2-1-3-8-4;1-4(2)3/h1-3H,(H,6,7);4H,1-3H3. The third-order valence-corrected chi connectivity index (χ3v) is 0.732. The highest BCUT2D eigenvalue weighted by Gasteiger charge is 2.01. The van der Waals surface area contributed by atoms with E-state index in [1.54, 1.807) is 0 Å². The summed E-state index contributed by atoms with van der Waals surface area (Å²) in [7, 11) is -0.139. The first-order valence-corrected chi connectivity index (χ1v) is 7.27. The average Bonchev–Trinajstić information content (AvgIpc) is 2.34. The van der Waals surface area contributed by atoms with Gasteiger partial charge >= 0.3 is 5.97 Å². The second-order valence-corrected chi connectivity index (χ2v) is 6.48. The van der Waals surface area contributed by atoms with Gasteiger partial charge in [0.05, 0.1) is 6.26 Å². The van der Waals surface area contributed by atoms with Crippen LogP contribution in [0.3, 0.4) is 0 Å². The summed E-state index contributed by atoms with van der Waals surface area (Å²) in [4.78, 5) is 9.97. The van der Waals surface area contributed by atoms with Gasteiger partial charge in [0.15, 0.2) is 0 Å². The fourth-order valence-corrected chi connectivity index (χ4v) is 0.400. The van der Waals surface area contributed by atoms with Crippen LogP contribution in [0.25, 0.3) is 0 Å². The van der Waals surface area contributed by atoms with Crippen LogP contribution >= 0.6 is 0 Å². The van der Waals surface area contributed by atoms with E-state index in [4.69, 9.17) is 5.11 Å². The van der Waals surface area contributed by atoms with Crippen LogP contribution in [0.4, 0.5) is 0 Å². The van der Waals surface area contributed by atoms with Gasteiger partial charge in [-0.3, -0.25) is 0 Å². The molecule has 1 aromatic heterocycles. The Hall–Kier alpha value is -1.03. The topological polar surface area (TPSA) is 50.4 Å². The number of hydrogen-bond donors (Lipinski definition) is 1. The van der Waals surface area contributed by atoms with Crippen LogP contribution in [0.15, 0.2) is 22.8 Å². The first-order valence-electron chi connectivity index (χ1n) is 3.80. The van der Waals surface area contributed by atoms with Gasteiger partial charge in [0, 0.05) is 8.80 Å². The van der Waals surface area contributed by atoms with E-state index >= 15 is 0 Å². The third kappa shape index (κ3) is 5.73. The number of furan rings is 1. The molecule has 0 bridgehead atoms. The van der Waals surface area contributed by atoms with E-state index in [1.807, 2.05) is 0 Å². The van der Waals surface area contributed by atoms with Gasteiger partial charge in [-0.15, -0.1) is 0 Å². The highest BCUT2D eigenvalue weighted by atomic mass is 28.3. The number of rotatable bonds is 1. The Labute approximate surface area is 73.6 Å². The summed E-state index contributed by atoms with van der Waals surface area (Å²) in [6.45, 7) is 6.92. The largest absolute Gasteiger partial charge is 0.475 e. The van der Waals surface area contributed by atoms with Crippen LogP contribution in [0, 0.1) is 0 Å². The number of carboxylic acid groups (broad SMARTS) is 1. The van der Waals surface area contributed by atoms with Crippen LogP contribution in [0.5, 0.6) is 0 Å². The molecule has 0 radical (unpaired) electrons. The quantitative estimate of drug-likeness (QED) is 0.683. The monoisotopic (exact) mass is 186 g/mol. The van der Waals surface area contributed by atoms with Crippen molar-refractivity contribution in [3.05, 3.63) is 24.2 Å². The van der Waals surface area contributed by atoms with Gasteiger partial charge in [0.2, 0.25) is 5.76 Å². The molecular weight excluding hydrogens is 172 g/mol. The normalized spacial score (nSPS) is 9.00. The highest BCUT2D eigenvalue weighted by Crippen LogP contribution is 1.97. The fourth-order valence-electron chi connectivity index (χ4n) is 0.400. The summed E-state index contributed by atoms with van der Waals surface area (Å²) in [5.41, 5.74) is 0. The minimum Gasteiger partial charge on any atom is -0.475 e.